The van der Waals surface area contributed by atoms with Crippen molar-refractivity contribution in [1.29, 1.82) is 0 Å². The number of amides is 2. The van der Waals surface area contributed by atoms with Crippen molar-refractivity contribution >= 4 is 23.2 Å². The number of carbonyl (C=O) groups excluding carboxylic acids is 2. The van der Waals surface area contributed by atoms with E-state index in [4.69, 9.17) is 4.74 Å². The highest BCUT2D eigenvalue weighted by molar-refractivity contribution is 7.10. The Morgan fingerprint density at radius 3 is 2.42 bits per heavy atom. The average molecular weight is 513 g/mol. The van der Waals surface area contributed by atoms with Gasteiger partial charge in [-0.05, 0) is 77.9 Å². The van der Waals surface area contributed by atoms with E-state index in [1.54, 1.807) is 33.3 Å². The summed E-state index contributed by atoms with van der Waals surface area (Å²) in [6.07, 6.45) is 1.60. The summed E-state index contributed by atoms with van der Waals surface area (Å²) in [5.74, 6) is -0.501. The fourth-order valence-electron chi connectivity index (χ4n) is 4.33. The predicted molar refractivity (Wildman–Crippen MR) is 136 cm³/mol. The minimum absolute atomic E-state index is 0.0763. The van der Waals surface area contributed by atoms with E-state index in [1.807, 2.05) is 25.3 Å². The topological polar surface area (TPSA) is 49.9 Å². The Bertz CT molecular complexity index is 1180. The van der Waals surface area contributed by atoms with E-state index in [0.717, 1.165) is 18.4 Å². The first-order valence-corrected chi connectivity index (χ1v) is 13.0. The highest BCUT2D eigenvalue weighted by Crippen LogP contribution is 2.34. The van der Waals surface area contributed by atoms with Crippen molar-refractivity contribution in [3.63, 3.8) is 0 Å². The summed E-state index contributed by atoms with van der Waals surface area (Å²) in [6.45, 7) is 5.16. The second-order valence-corrected chi connectivity index (χ2v) is 10.1. The van der Waals surface area contributed by atoms with E-state index in [2.05, 4.69) is 0 Å². The zero-order chi connectivity index (χ0) is 25.7. The molecule has 0 N–H and O–H groups in total. The lowest BCUT2D eigenvalue weighted by atomic mass is 10.00. The zero-order valence-corrected chi connectivity index (χ0v) is 21.3. The van der Waals surface area contributed by atoms with Gasteiger partial charge in [0.05, 0.1) is 6.04 Å². The molecule has 1 aliphatic rings. The lowest BCUT2D eigenvalue weighted by molar-refractivity contribution is -0.135. The van der Waals surface area contributed by atoms with Gasteiger partial charge in [0.15, 0.2) is 0 Å². The van der Waals surface area contributed by atoms with E-state index in [0.29, 0.717) is 24.4 Å². The molecule has 2 atom stereocenters. The van der Waals surface area contributed by atoms with Crippen molar-refractivity contribution < 1.29 is 23.1 Å². The molecule has 0 fully saturated rings. The molecule has 190 valence electrons. The van der Waals surface area contributed by atoms with Crippen LogP contribution in [0.2, 0.25) is 0 Å². The van der Waals surface area contributed by atoms with Crippen LogP contribution in [0.25, 0.3) is 0 Å². The maximum atomic E-state index is 13.6. The summed E-state index contributed by atoms with van der Waals surface area (Å²) in [5.41, 5.74) is 1.39. The van der Waals surface area contributed by atoms with Gasteiger partial charge in [-0.2, -0.15) is 0 Å². The molecule has 0 bridgehead atoms. The molecule has 0 aliphatic carbocycles. The van der Waals surface area contributed by atoms with Crippen LogP contribution < -0.4 is 4.74 Å². The van der Waals surface area contributed by atoms with Crippen LogP contribution in [0.15, 0.2) is 60.0 Å². The van der Waals surface area contributed by atoms with Gasteiger partial charge in [0.1, 0.15) is 30.5 Å². The molecular formula is C28H30F2N2O3S. The van der Waals surface area contributed by atoms with Crippen molar-refractivity contribution in [2.75, 3.05) is 26.2 Å². The van der Waals surface area contributed by atoms with E-state index < -0.39 is 5.82 Å². The fraction of sp³-hybridized carbons (Fsp3) is 0.357. The average Bonchev–Trinajstić information content (AvgIpc) is 3.37. The van der Waals surface area contributed by atoms with E-state index in [-0.39, 0.29) is 42.7 Å². The minimum atomic E-state index is -0.417. The van der Waals surface area contributed by atoms with Crippen LogP contribution in [0.3, 0.4) is 0 Å². The number of thiophene rings is 1. The van der Waals surface area contributed by atoms with Gasteiger partial charge in [0.2, 0.25) is 5.91 Å². The van der Waals surface area contributed by atoms with Crippen LogP contribution in [-0.4, -0.2) is 47.9 Å². The minimum Gasteiger partial charge on any atom is -0.491 e. The number of ether oxygens (including phenoxy) is 1. The first-order chi connectivity index (χ1) is 17.4. The van der Waals surface area contributed by atoms with Crippen LogP contribution >= 0.6 is 11.3 Å². The van der Waals surface area contributed by atoms with Gasteiger partial charge in [0, 0.05) is 23.5 Å². The summed E-state index contributed by atoms with van der Waals surface area (Å²) < 4.78 is 32.6. The van der Waals surface area contributed by atoms with E-state index >= 15 is 0 Å². The quantitative estimate of drug-likeness (QED) is 0.369. The molecule has 0 saturated carbocycles. The summed E-state index contributed by atoms with van der Waals surface area (Å²) >= 11 is 1.66. The molecule has 36 heavy (non-hydrogen) atoms. The Labute approximate surface area is 214 Å². The number of hydrogen-bond donors (Lipinski definition) is 0. The molecule has 2 aromatic carbocycles. The molecule has 0 saturated heterocycles. The molecule has 2 amide bonds. The molecular weight excluding hydrogens is 482 g/mol. The summed E-state index contributed by atoms with van der Waals surface area (Å²) in [4.78, 5) is 31.5. The van der Waals surface area contributed by atoms with Gasteiger partial charge in [-0.25, -0.2) is 8.78 Å². The Hall–Kier alpha value is -3.26. The molecule has 8 heteroatoms. The largest absolute Gasteiger partial charge is 0.491 e. The SMILES string of the molecule is CC[C@H](C)CN(CC(=O)N1CCc2sccc2[C@H]1COc1ccc(F)cc1)C(=O)c1ccc(F)cc1. The van der Waals surface area contributed by atoms with Gasteiger partial charge in [-0.15, -0.1) is 11.3 Å². The standard InChI is InChI=1S/C28H30F2N2O3S/c1-3-19(2)16-31(28(34)20-4-6-21(29)7-5-20)17-27(33)32-14-12-26-24(13-15-36-26)25(32)18-35-23-10-8-22(30)9-11-23/h4-11,13,15,19,25H,3,12,14,16-18H2,1-2H3/t19-,25+/m0/s1. The van der Waals surface area contributed by atoms with Gasteiger partial charge in [0.25, 0.3) is 5.91 Å². The van der Waals surface area contributed by atoms with Crippen LogP contribution in [0.1, 0.15) is 47.1 Å². The molecule has 1 aliphatic heterocycles. The van der Waals surface area contributed by atoms with Crippen LogP contribution in [0.4, 0.5) is 8.78 Å². The summed E-state index contributed by atoms with van der Waals surface area (Å²) in [7, 11) is 0. The molecule has 5 nitrogen and oxygen atoms in total. The predicted octanol–water partition coefficient (Wildman–Crippen LogP) is 5.72. The number of nitrogens with zero attached hydrogens (tertiary/aromatic N) is 2. The van der Waals surface area contributed by atoms with Gasteiger partial charge in [-0.3, -0.25) is 9.59 Å². The number of carbonyl (C=O) groups is 2. The number of halogens is 2. The number of benzene rings is 2. The monoisotopic (exact) mass is 512 g/mol. The van der Waals surface area contributed by atoms with Gasteiger partial charge in [-0.1, -0.05) is 20.3 Å². The molecule has 2 heterocycles. The maximum Gasteiger partial charge on any atom is 0.254 e. The highest BCUT2D eigenvalue weighted by atomic mass is 32.1. The van der Waals surface area contributed by atoms with Crippen molar-refractivity contribution in [1.82, 2.24) is 9.80 Å². The van der Waals surface area contributed by atoms with Crippen molar-refractivity contribution in [2.45, 2.75) is 32.7 Å². The smallest absolute Gasteiger partial charge is 0.254 e. The first kappa shape index (κ1) is 25.8. The van der Waals surface area contributed by atoms with Crippen molar-refractivity contribution in [3.8, 4) is 5.75 Å². The summed E-state index contributed by atoms with van der Waals surface area (Å²) in [5, 5.41) is 2.01. The lowest BCUT2D eigenvalue weighted by Crippen LogP contribution is -2.48. The summed E-state index contributed by atoms with van der Waals surface area (Å²) in [6, 6.07) is 12.9. The Balaban J connectivity index is 1.53. The number of rotatable bonds is 9. The van der Waals surface area contributed by atoms with Crippen LogP contribution in [0.5, 0.6) is 5.75 Å². The number of fused-ring (bicyclic) bond motifs is 1. The molecule has 0 radical (unpaired) electrons. The molecule has 0 spiro atoms. The second-order valence-electron chi connectivity index (χ2n) is 9.12. The molecule has 1 aromatic heterocycles. The third kappa shape index (κ3) is 6.10. The maximum absolute atomic E-state index is 13.6. The Kier molecular flexibility index (Phi) is 8.36. The van der Waals surface area contributed by atoms with Gasteiger partial charge < -0.3 is 14.5 Å². The zero-order valence-electron chi connectivity index (χ0n) is 20.5. The van der Waals surface area contributed by atoms with Crippen LogP contribution in [-0.2, 0) is 11.2 Å². The molecule has 3 aromatic rings. The van der Waals surface area contributed by atoms with Crippen LogP contribution in [0, 0.1) is 17.6 Å². The first-order valence-electron chi connectivity index (χ1n) is 12.1. The lowest BCUT2D eigenvalue weighted by Gasteiger charge is -2.37. The third-order valence-corrected chi connectivity index (χ3v) is 7.57. The normalized spacial score (nSPS) is 15.8. The molecule has 4 rings (SSSR count). The van der Waals surface area contributed by atoms with E-state index in [9.17, 15) is 18.4 Å². The number of hydrogen-bond acceptors (Lipinski definition) is 4. The van der Waals surface area contributed by atoms with Crippen molar-refractivity contribution in [2.24, 2.45) is 5.92 Å². The Morgan fingerprint density at radius 1 is 1.08 bits per heavy atom. The van der Waals surface area contributed by atoms with Gasteiger partial charge >= 0.3 is 0 Å². The van der Waals surface area contributed by atoms with E-state index in [1.165, 1.54) is 41.3 Å². The third-order valence-electron chi connectivity index (χ3n) is 6.57. The highest BCUT2D eigenvalue weighted by Gasteiger charge is 2.34. The second kappa shape index (κ2) is 11.6. The molecule has 0 unspecified atom stereocenters. The van der Waals surface area contributed by atoms with Crippen molar-refractivity contribution in [3.05, 3.63) is 87.6 Å². The Morgan fingerprint density at radius 2 is 1.75 bits per heavy atom. The fourth-order valence-corrected chi connectivity index (χ4v) is 5.26.